The normalized spacial score (nSPS) is 18.0. The van der Waals surface area contributed by atoms with Crippen molar-refractivity contribution in [2.45, 2.75) is 17.0 Å². The Labute approximate surface area is 202 Å². The molecule has 0 bridgehead atoms. The average molecular weight is 473 g/mol. The van der Waals surface area contributed by atoms with Crippen LogP contribution in [0.2, 0.25) is 0 Å². The van der Waals surface area contributed by atoms with E-state index in [-0.39, 0.29) is 6.61 Å². The highest BCUT2D eigenvalue weighted by atomic mass is 32.2. The van der Waals surface area contributed by atoms with Crippen LogP contribution < -0.4 is 0 Å². The van der Waals surface area contributed by atoms with Crippen molar-refractivity contribution < 1.29 is 18.5 Å². The molecule has 4 aromatic rings. The van der Waals surface area contributed by atoms with E-state index in [9.17, 15) is 4.79 Å². The van der Waals surface area contributed by atoms with Gasteiger partial charge in [-0.2, -0.15) is 0 Å². The number of imidazole rings is 1. The van der Waals surface area contributed by atoms with Crippen LogP contribution in [0, 0.1) is 0 Å². The molecular formula is C27H24N2O4S. The summed E-state index contributed by atoms with van der Waals surface area (Å²) in [5.41, 5.74) is 3.26. The molecule has 6 nitrogen and oxygen atoms in total. The lowest BCUT2D eigenvalue weighted by Gasteiger charge is -2.35. The molecule has 3 aromatic carbocycles. The number of hydrogen-bond donors (Lipinski definition) is 0. The summed E-state index contributed by atoms with van der Waals surface area (Å²) in [6, 6.07) is 30.9. The number of aromatic nitrogens is 2. The van der Waals surface area contributed by atoms with Crippen molar-refractivity contribution in [3.8, 4) is 0 Å². The van der Waals surface area contributed by atoms with Gasteiger partial charge in [0.15, 0.2) is 6.10 Å². The molecule has 0 spiro atoms. The predicted molar refractivity (Wildman–Crippen MR) is 130 cm³/mol. The summed E-state index contributed by atoms with van der Waals surface area (Å²) in [5, 5.41) is 0. The van der Waals surface area contributed by atoms with Crippen LogP contribution in [-0.2, 0) is 18.4 Å². The van der Waals surface area contributed by atoms with E-state index in [1.165, 1.54) is 29.1 Å². The highest BCUT2D eigenvalue weighted by Crippen LogP contribution is 2.49. The summed E-state index contributed by atoms with van der Waals surface area (Å²) in [6.07, 6.45) is 3.04. The lowest BCUT2D eigenvalue weighted by molar-refractivity contribution is 0.0511. The number of nitrogens with zero attached hydrogens (tertiary/aromatic N) is 2. The van der Waals surface area contributed by atoms with Crippen LogP contribution in [0.4, 0.5) is 4.79 Å². The van der Waals surface area contributed by atoms with Crippen LogP contribution in [0.3, 0.4) is 0 Å². The van der Waals surface area contributed by atoms with Gasteiger partial charge in [-0.25, -0.2) is 14.3 Å². The molecule has 1 aromatic heterocycles. The minimum absolute atomic E-state index is 0.278. The van der Waals surface area contributed by atoms with Crippen LogP contribution in [0.25, 0.3) is 0 Å². The molecule has 2 atom stereocenters. The number of hydrogen-bond acceptors (Lipinski definition) is 6. The quantitative estimate of drug-likeness (QED) is 0.269. The van der Waals surface area contributed by atoms with Crippen molar-refractivity contribution in [3.05, 3.63) is 126 Å². The first kappa shape index (κ1) is 22.4. The minimum Gasteiger partial charge on any atom is -0.440 e. The monoisotopic (exact) mass is 472 g/mol. The third-order valence-electron chi connectivity index (χ3n) is 5.78. The topological polar surface area (TPSA) is 62.6 Å². The van der Waals surface area contributed by atoms with Gasteiger partial charge < -0.3 is 13.7 Å². The van der Waals surface area contributed by atoms with E-state index in [4.69, 9.17) is 13.7 Å². The molecule has 0 amide bonds. The summed E-state index contributed by atoms with van der Waals surface area (Å²) in [7, 11) is 0. The summed E-state index contributed by atoms with van der Waals surface area (Å²) in [6.45, 7) is 0.615. The van der Waals surface area contributed by atoms with E-state index >= 15 is 0 Å². The van der Waals surface area contributed by atoms with Crippen molar-refractivity contribution in [1.29, 1.82) is 0 Å². The Bertz CT molecular complexity index is 1090. The molecular weight excluding hydrogens is 448 g/mol. The largest absolute Gasteiger partial charge is 0.440 e. The third-order valence-corrected chi connectivity index (χ3v) is 7.08. The van der Waals surface area contributed by atoms with Gasteiger partial charge in [-0.3, -0.25) is 0 Å². The van der Waals surface area contributed by atoms with E-state index in [2.05, 4.69) is 41.4 Å². The van der Waals surface area contributed by atoms with E-state index in [1.54, 1.807) is 6.20 Å². The van der Waals surface area contributed by atoms with Crippen molar-refractivity contribution in [2.75, 3.05) is 13.2 Å². The van der Waals surface area contributed by atoms with Gasteiger partial charge in [0.05, 0.1) is 13.2 Å². The second kappa shape index (κ2) is 10.3. The van der Waals surface area contributed by atoms with Crippen LogP contribution in [-0.4, -0.2) is 41.1 Å². The van der Waals surface area contributed by atoms with E-state index in [1.807, 2.05) is 54.6 Å². The highest BCUT2D eigenvalue weighted by Gasteiger charge is 2.41. The Morgan fingerprint density at radius 1 is 0.853 bits per heavy atom. The van der Waals surface area contributed by atoms with E-state index in [0.717, 1.165) is 16.7 Å². The molecule has 172 valence electrons. The van der Waals surface area contributed by atoms with Crippen molar-refractivity contribution in [3.63, 3.8) is 0 Å². The Hall–Kier alpha value is -3.39. The van der Waals surface area contributed by atoms with Gasteiger partial charge in [0, 0.05) is 24.4 Å². The zero-order chi connectivity index (χ0) is 23.2. The van der Waals surface area contributed by atoms with Gasteiger partial charge in [0.2, 0.25) is 0 Å². The fourth-order valence-corrected chi connectivity index (χ4v) is 5.21. The standard InChI is InChI=1S/C27H24N2O4S/c30-26(29-17-16-28-20-29)32-24-18-31-19-25(24)33-34-27(21-10-4-1-5-11-21,22-12-6-2-7-13-22)23-14-8-3-9-15-23/h1-17,20,24-25H,18-19H2. The molecule has 5 rings (SSSR count). The zero-order valence-corrected chi connectivity index (χ0v) is 19.2. The van der Waals surface area contributed by atoms with Crippen LogP contribution >= 0.6 is 12.0 Å². The SMILES string of the molecule is O=C(OC1COCC1OSC(c1ccccc1)(c1ccccc1)c1ccccc1)n1ccnc1. The van der Waals surface area contributed by atoms with Crippen LogP contribution in [0.1, 0.15) is 16.7 Å². The predicted octanol–water partition coefficient (Wildman–Crippen LogP) is 5.29. The Kier molecular flexibility index (Phi) is 6.76. The lowest BCUT2D eigenvalue weighted by atomic mass is 9.84. The maximum Gasteiger partial charge on any atom is 0.419 e. The van der Waals surface area contributed by atoms with Crippen molar-refractivity contribution in [2.24, 2.45) is 0 Å². The molecule has 1 aliphatic heterocycles. The summed E-state index contributed by atoms with van der Waals surface area (Å²) in [4.78, 5) is 16.4. The smallest absolute Gasteiger partial charge is 0.419 e. The number of carbonyl (C=O) groups excluding carboxylic acids is 1. The fourth-order valence-electron chi connectivity index (χ4n) is 4.07. The molecule has 34 heavy (non-hydrogen) atoms. The second-order valence-electron chi connectivity index (χ2n) is 7.93. The zero-order valence-electron chi connectivity index (χ0n) is 18.4. The van der Waals surface area contributed by atoms with Gasteiger partial charge in [-0.15, -0.1) is 0 Å². The molecule has 1 saturated heterocycles. The lowest BCUT2D eigenvalue weighted by Crippen LogP contribution is -2.34. The van der Waals surface area contributed by atoms with Crippen LogP contribution in [0.15, 0.2) is 110 Å². The van der Waals surface area contributed by atoms with Crippen molar-refractivity contribution in [1.82, 2.24) is 9.55 Å². The van der Waals surface area contributed by atoms with Gasteiger partial charge in [-0.1, -0.05) is 91.0 Å². The van der Waals surface area contributed by atoms with Gasteiger partial charge >= 0.3 is 6.09 Å². The number of benzene rings is 3. The average Bonchev–Trinajstić information content (AvgIpc) is 3.59. The first-order valence-corrected chi connectivity index (χ1v) is 11.8. The molecule has 1 fully saturated rings. The maximum absolute atomic E-state index is 12.5. The van der Waals surface area contributed by atoms with E-state index in [0.29, 0.717) is 6.61 Å². The van der Waals surface area contributed by atoms with Crippen LogP contribution in [0.5, 0.6) is 0 Å². The van der Waals surface area contributed by atoms with Crippen molar-refractivity contribution >= 4 is 18.1 Å². The summed E-state index contributed by atoms with van der Waals surface area (Å²) >= 11 is 1.36. The summed E-state index contributed by atoms with van der Waals surface area (Å²) < 4.78 is 18.4. The molecule has 0 radical (unpaired) electrons. The first-order valence-electron chi connectivity index (χ1n) is 11.0. The third kappa shape index (κ3) is 4.50. The molecule has 0 saturated carbocycles. The van der Waals surface area contributed by atoms with E-state index < -0.39 is 23.0 Å². The molecule has 2 heterocycles. The Morgan fingerprint density at radius 2 is 1.38 bits per heavy atom. The highest BCUT2D eigenvalue weighted by molar-refractivity contribution is 7.96. The molecule has 0 N–H and O–H groups in total. The number of carbonyl (C=O) groups is 1. The van der Waals surface area contributed by atoms with Gasteiger partial charge in [0.1, 0.15) is 17.2 Å². The van der Waals surface area contributed by atoms with Gasteiger partial charge in [0.25, 0.3) is 0 Å². The first-order chi connectivity index (χ1) is 16.8. The fraction of sp³-hybridized carbons (Fsp3) is 0.185. The molecule has 7 heteroatoms. The second-order valence-corrected chi connectivity index (χ2v) is 8.90. The molecule has 0 aliphatic carbocycles. The number of ether oxygens (including phenoxy) is 2. The Balaban J connectivity index is 1.47. The summed E-state index contributed by atoms with van der Waals surface area (Å²) in [5.74, 6) is 0. The molecule has 1 aliphatic rings. The minimum atomic E-state index is -0.634. The maximum atomic E-state index is 12.5. The molecule has 2 unspecified atom stereocenters. The number of rotatable bonds is 7. The van der Waals surface area contributed by atoms with Gasteiger partial charge in [-0.05, 0) is 16.7 Å². The Morgan fingerprint density at radius 3 is 1.88 bits per heavy atom.